The standard InChI is InChI=1S/C24H15Cl2F3N2O3/c25-13-10-11-15(17(26)12-13)20-19-21(34-31(20)14-6-2-1-3-7-14)23(33)30(22(19)32)18-9-5-4-8-16(18)24(27,28)29/h1-12,19-21H/t19-,20+,21-/m1/s1. The number of carbonyl (C=O) groups is 2. The normalized spacial score (nSPS) is 22.4. The number of carbonyl (C=O) groups excluding carboxylic acids is 2. The van der Waals surface area contributed by atoms with Crippen LogP contribution in [0, 0.1) is 5.92 Å². The fraction of sp³-hybridized carbons (Fsp3) is 0.167. The van der Waals surface area contributed by atoms with Crippen LogP contribution in [0.5, 0.6) is 0 Å². The lowest BCUT2D eigenvalue weighted by Crippen LogP contribution is -2.38. The minimum absolute atomic E-state index is 0.233. The average Bonchev–Trinajstić information content (AvgIpc) is 3.30. The molecule has 2 aliphatic rings. The van der Waals surface area contributed by atoms with Gasteiger partial charge in [-0.1, -0.05) is 59.6 Å². The summed E-state index contributed by atoms with van der Waals surface area (Å²) in [4.78, 5) is 33.4. The molecule has 10 heteroatoms. The molecule has 0 N–H and O–H groups in total. The number of hydrogen-bond donors (Lipinski definition) is 0. The van der Waals surface area contributed by atoms with Gasteiger partial charge in [-0.05, 0) is 42.0 Å². The number of para-hydroxylation sites is 2. The molecule has 0 radical (unpaired) electrons. The second-order valence-corrected chi connectivity index (χ2v) is 8.69. The van der Waals surface area contributed by atoms with E-state index < -0.39 is 47.3 Å². The van der Waals surface area contributed by atoms with Crippen LogP contribution in [0.4, 0.5) is 24.5 Å². The highest BCUT2D eigenvalue weighted by Gasteiger charge is 2.61. The first-order chi connectivity index (χ1) is 16.2. The Bertz CT molecular complexity index is 1290. The highest BCUT2D eigenvalue weighted by Crippen LogP contribution is 2.50. The first-order valence-corrected chi connectivity index (χ1v) is 10.9. The summed E-state index contributed by atoms with van der Waals surface area (Å²) in [5.74, 6) is -2.81. The third-order valence-corrected chi connectivity index (χ3v) is 6.42. The summed E-state index contributed by atoms with van der Waals surface area (Å²) in [5, 5.41) is 2.01. The number of amides is 2. The van der Waals surface area contributed by atoms with Gasteiger partial charge in [0.05, 0.1) is 23.0 Å². The molecule has 0 saturated carbocycles. The molecule has 5 nitrogen and oxygen atoms in total. The molecular weight excluding hydrogens is 492 g/mol. The zero-order chi connectivity index (χ0) is 24.2. The van der Waals surface area contributed by atoms with Crippen molar-refractivity contribution >= 4 is 46.4 Å². The van der Waals surface area contributed by atoms with Crippen LogP contribution in [0.15, 0.2) is 72.8 Å². The van der Waals surface area contributed by atoms with Gasteiger partial charge in [0.15, 0.2) is 6.10 Å². The van der Waals surface area contributed by atoms with Crippen LogP contribution in [-0.2, 0) is 20.6 Å². The summed E-state index contributed by atoms with van der Waals surface area (Å²) in [7, 11) is 0. The number of fused-ring (bicyclic) bond motifs is 1. The highest BCUT2D eigenvalue weighted by molar-refractivity contribution is 6.35. The lowest BCUT2D eigenvalue weighted by atomic mass is 9.90. The summed E-state index contributed by atoms with van der Waals surface area (Å²) >= 11 is 12.5. The number of imide groups is 1. The molecule has 0 bridgehead atoms. The number of alkyl halides is 3. The Morgan fingerprint density at radius 3 is 2.21 bits per heavy atom. The first-order valence-electron chi connectivity index (χ1n) is 10.2. The number of hydroxylamine groups is 1. The van der Waals surface area contributed by atoms with Crippen molar-refractivity contribution in [3.05, 3.63) is 94.0 Å². The van der Waals surface area contributed by atoms with E-state index >= 15 is 0 Å². The fourth-order valence-corrected chi connectivity index (χ4v) is 4.94. The number of nitrogens with zero attached hydrogens (tertiary/aromatic N) is 2. The predicted octanol–water partition coefficient (Wildman–Crippen LogP) is 6.06. The van der Waals surface area contributed by atoms with Crippen molar-refractivity contribution in [1.29, 1.82) is 0 Å². The molecule has 2 heterocycles. The van der Waals surface area contributed by atoms with Crippen LogP contribution in [0.2, 0.25) is 10.0 Å². The molecule has 5 rings (SSSR count). The van der Waals surface area contributed by atoms with E-state index in [1.807, 2.05) is 0 Å². The maximum absolute atomic E-state index is 13.6. The zero-order valence-corrected chi connectivity index (χ0v) is 18.7. The van der Waals surface area contributed by atoms with E-state index in [0.717, 1.165) is 12.1 Å². The molecule has 0 unspecified atom stereocenters. The third kappa shape index (κ3) is 3.62. The molecule has 0 spiro atoms. The van der Waals surface area contributed by atoms with Gasteiger partial charge in [-0.3, -0.25) is 14.4 Å². The highest BCUT2D eigenvalue weighted by atomic mass is 35.5. The van der Waals surface area contributed by atoms with Crippen molar-refractivity contribution in [3.8, 4) is 0 Å². The third-order valence-electron chi connectivity index (χ3n) is 5.86. The SMILES string of the molecule is O=C1[C@H]2[C@@H](ON(c3ccccc3)[C@H]2c2ccc(Cl)cc2Cl)C(=O)N1c1ccccc1C(F)(F)F. The molecule has 3 atom stereocenters. The van der Waals surface area contributed by atoms with Gasteiger partial charge in [0, 0.05) is 10.0 Å². The van der Waals surface area contributed by atoms with E-state index in [9.17, 15) is 22.8 Å². The van der Waals surface area contributed by atoms with Crippen molar-refractivity contribution in [2.45, 2.75) is 18.3 Å². The van der Waals surface area contributed by atoms with Crippen molar-refractivity contribution in [2.75, 3.05) is 9.96 Å². The molecular formula is C24H15Cl2F3N2O3. The predicted molar refractivity (Wildman–Crippen MR) is 120 cm³/mol. The molecule has 0 aliphatic carbocycles. The van der Waals surface area contributed by atoms with Crippen molar-refractivity contribution in [2.24, 2.45) is 5.92 Å². The van der Waals surface area contributed by atoms with Gasteiger partial charge in [0.2, 0.25) is 5.91 Å². The molecule has 2 saturated heterocycles. The topological polar surface area (TPSA) is 49.9 Å². The minimum Gasteiger partial charge on any atom is -0.273 e. The Labute approximate surface area is 202 Å². The zero-order valence-electron chi connectivity index (χ0n) is 17.2. The van der Waals surface area contributed by atoms with Gasteiger partial charge in [-0.15, -0.1) is 0 Å². The van der Waals surface area contributed by atoms with E-state index in [4.69, 9.17) is 28.0 Å². The monoisotopic (exact) mass is 506 g/mol. The summed E-state index contributed by atoms with van der Waals surface area (Å²) in [5.41, 5.74) is -0.613. The second-order valence-electron chi connectivity index (χ2n) is 7.85. The van der Waals surface area contributed by atoms with E-state index in [2.05, 4.69) is 0 Å². The molecule has 2 amide bonds. The van der Waals surface area contributed by atoms with E-state index in [1.165, 1.54) is 23.3 Å². The molecule has 34 heavy (non-hydrogen) atoms. The van der Waals surface area contributed by atoms with Crippen LogP contribution in [0.25, 0.3) is 0 Å². The summed E-state index contributed by atoms with van der Waals surface area (Å²) in [6, 6.07) is 17.0. The Hall–Kier alpha value is -3.07. The van der Waals surface area contributed by atoms with Gasteiger partial charge in [-0.2, -0.15) is 13.2 Å². The van der Waals surface area contributed by atoms with Gasteiger partial charge < -0.3 is 0 Å². The van der Waals surface area contributed by atoms with E-state index in [1.54, 1.807) is 42.5 Å². The molecule has 0 aromatic heterocycles. The van der Waals surface area contributed by atoms with Crippen LogP contribution in [0.3, 0.4) is 0 Å². The lowest BCUT2D eigenvalue weighted by Gasteiger charge is -2.29. The number of halogens is 5. The Morgan fingerprint density at radius 1 is 0.853 bits per heavy atom. The van der Waals surface area contributed by atoms with Crippen LogP contribution >= 0.6 is 23.2 Å². The fourth-order valence-electron chi connectivity index (χ4n) is 4.42. The average molecular weight is 507 g/mol. The van der Waals surface area contributed by atoms with Crippen LogP contribution < -0.4 is 9.96 Å². The number of hydrogen-bond acceptors (Lipinski definition) is 4. The van der Waals surface area contributed by atoms with Gasteiger partial charge >= 0.3 is 6.18 Å². The van der Waals surface area contributed by atoms with Crippen molar-refractivity contribution in [3.63, 3.8) is 0 Å². The maximum atomic E-state index is 13.6. The van der Waals surface area contributed by atoms with Crippen molar-refractivity contribution < 1.29 is 27.6 Å². The second kappa shape index (κ2) is 8.30. The van der Waals surface area contributed by atoms with Crippen LogP contribution in [-0.4, -0.2) is 17.9 Å². The molecule has 2 aliphatic heterocycles. The van der Waals surface area contributed by atoms with Gasteiger partial charge in [0.1, 0.15) is 5.92 Å². The maximum Gasteiger partial charge on any atom is 0.418 e. The smallest absolute Gasteiger partial charge is 0.273 e. The Kier molecular flexibility index (Phi) is 5.55. The van der Waals surface area contributed by atoms with Gasteiger partial charge in [0.25, 0.3) is 5.91 Å². The molecule has 2 fully saturated rings. The number of benzene rings is 3. The Morgan fingerprint density at radius 2 is 1.53 bits per heavy atom. The Balaban J connectivity index is 1.63. The first kappa shape index (κ1) is 22.7. The molecule has 3 aromatic carbocycles. The van der Waals surface area contributed by atoms with Crippen molar-refractivity contribution in [1.82, 2.24) is 0 Å². The summed E-state index contributed by atoms with van der Waals surface area (Å²) in [6.07, 6.45) is -6.09. The lowest BCUT2D eigenvalue weighted by molar-refractivity contribution is -0.137. The van der Waals surface area contributed by atoms with E-state index in [0.29, 0.717) is 21.2 Å². The summed E-state index contributed by atoms with van der Waals surface area (Å²) in [6.45, 7) is 0. The molecule has 174 valence electrons. The largest absolute Gasteiger partial charge is 0.418 e. The van der Waals surface area contributed by atoms with Gasteiger partial charge in [-0.25, -0.2) is 9.96 Å². The quantitative estimate of drug-likeness (QED) is 0.405. The van der Waals surface area contributed by atoms with Crippen LogP contribution in [0.1, 0.15) is 17.2 Å². The van der Waals surface area contributed by atoms with E-state index in [-0.39, 0.29) is 5.02 Å². The number of rotatable bonds is 3. The summed E-state index contributed by atoms with van der Waals surface area (Å²) < 4.78 is 40.9. The molecule has 3 aromatic rings. The minimum atomic E-state index is -4.76. The number of anilines is 2.